The van der Waals surface area contributed by atoms with Crippen LogP contribution in [-0.2, 0) is 6.42 Å². The minimum absolute atomic E-state index is 0.0255. The summed E-state index contributed by atoms with van der Waals surface area (Å²) in [5.41, 5.74) is 4.36. The van der Waals surface area contributed by atoms with Crippen LogP contribution in [0.3, 0.4) is 0 Å². The van der Waals surface area contributed by atoms with E-state index < -0.39 is 0 Å². The van der Waals surface area contributed by atoms with E-state index in [9.17, 15) is 0 Å². The predicted molar refractivity (Wildman–Crippen MR) is 105 cm³/mol. The first-order valence-corrected chi connectivity index (χ1v) is 9.52. The maximum absolute atomic E-state index is 8.91. The second kappa shape index (κ2) is 8.72. The third-order valence-corrected chi connectivity index (χ3v) is 4.93. The molecular formula is C23H29NO. The van der Waals surface area contributed by atoms with Crippen LogP contribution in [0.1, 0.15) is 64.5 Å². The van der Waals surface area contributed by atoms with Crippen LogP contribution in [0, 0.1) is 11.3 Å². The first-order chi connectivity index (χ1) is 12.2. The van der Waals surface area contributed by atoms with Crippen molar-refractivity contribution in [2.45, 2.75) is 65.4 Å². The highest BCUT2D eigenvalue weighted by atomic mass is 16.5. The van der Waals surface area contributed by atoms with E-state index in [1.165, 1.54) is 11.1 Å². The van der Waals surface area contributed by atoms with Gasteiger partial charge in [0.1, 0.15) is 11.4 Å². The fourth-order valence-electron chi connectivity index (χ4n) is 3.50. The highest BCUT2D eigenvalue weighted by Crippen LogP contribution is 2.39. The van der Waals surface area contributed by atoms with Gasteiger partial charge in [0.05, 0.1) is 11.6 Å². The van der Waals surface area contributed by atoms with Crippen LogP contribution in [0.15, 0.2) is 42.5 Å². The molecule has 25 heavy (non-hydrogen) atoms. The van der Waals surface area contributed by atoms with Crippen molar-refractivity contribution in [1.29, 1.82) is 5.26 Å². The number of nitrogens with zero attached hydrogens (tertiary/aromatic N) is 1. The third kappa shape index (κ3) is 4.23. The number of fused-ring (bicyclic) bond motifs is 1. The topological polar surface area (TPSA) is 33.0 Å². The van der Waals surface area contributed by atoms with Gasteiger partial charge in [-0.05, 0) is 66.6 Å². The molecule has 1 aliphatic rings. The van der Waals surface area contributed by atoms with Gasteiger partial charge in [0.2, 0.25) is 0 Å². The Morgan fingerprint density at radius 1 is 1.04 bits per heavy atom. The monoisotopic (exact) mass is 335 g/mol. The van der Waals surface area contributed by atoms with Crippen LogP contribution in [-0.4, -0.2) is 5.60 Å². The summed E-state index contributed by atoms with van der Waals surface area (Å²) in [6, 6.07) is 16.4. The Balaban J connectivity index is 0.00000109. The Labute approximate surface area is 152 Å². The SMILES string of the molecule is CC.CCCC1(CC)CCc2cc(-c3ccc(C#N)cc3)ccc2O1. The number of hydrogen-bond acceptors (Lipinski definition) is 2. The summed E-state index contributed by atoms with van der Waals surface area (Å²) in [4.78, 5) is 0. The molecule has 2 aromatic carbocycles. The molecule has 0 spiro atoms. The number of aryl methyl sites for hydroxylation is 1. The predicted octanol–water partition coefficient (Wildman–Crippen LogP) is 6.53. The maximum Gasteiger partial charge on any atom is 0.123 e. The van der Waals surface area contributed by atoms with Crippen molar-refractivity contribution in [2.75, 3.05) is 0 Å². The van der Waals surface area contributed by atoms with Crippen LogP contribution < -0.4 is 4.74 Å². The molecule has 132 valence electrons. The summed E-state index contributed by atoms with van der Waals surface area (Å²) < 4.78 is 6.39. The zero-order valence-electron chi connectivity index (χ0n) is 15.9. The van der Waals surface area contributed by atoms with E-state index in [1.807, 2.05) is 38.1 Å². The van der Waals surface area contributed by atoms with Gasteiger partial charge in [0.25, 0.3) is 0 Å². The smallest absolute Gasteiger partial charge is 0.123 e. The molecule has 0 aromatic heterocycles. The molecule has 0 saturated heterocycles. The normalized spacial score (nSPS) is 18.2. The van der Waals surface area contributed by atoms with Crippen LogP contribution in [0.25, 0.3) is 11.1 Å². The molecule has 1 atom stereocenters. The fraction of sp³-hybridized carbons (Fsp3) is 0.435. The van der Waals surface area contributed by atoms with E-state index in [1.54, 1.807) is 0 Å². The molecule has 0 fully saturated rings. The van der Waals surface area contributed by atoms with Crippen LogP contribution in [0.4, 0.5) is 0 Å². The van der Waals surface area contributed by atoms with Crippen molar-refractivity contribution < 1.29 is 4.74 Å². The standard InChI is InChI=1S/C21H23NO.C2H6/c1-3-12-21(4-2)13-11-19-14-18(9-10-20(19)23-21)17-7-5-16(15-22)6-8-17;1-2/h5-10,14H,3-4,11-13H2,1-2H3;1-2H3. The van der Waals surface area contributed by atoms with Gasteiger partial charge in [0.15, 0.2) is 0 Å². The van der Waals surface area contributed by atoms with Crippen molar-refractivity contribution in [3.63, 3.8) is 0 Å². The second-order valence-corrected chi connectivity index (χ2v) is 6.40. The van der Waals surface area contributed by atoms with E-state index in [0.717, 1.165) is 43.4 Å². The molecule has 1 unspecified atom stereocenters. The summed E-state index contributed by atoms with van der Waals surface area (Å²) in [6.45, 7) is 8.45. The van der Waals surface area contributed by atoms with Gasteiger partial charge in [-0.2, -0.15) is 5.26 Å². The van der Waals surface area contributed by atoms with Crippen molar-refractivity contribution in [1.82, 2.24) is 0 Å². The first-order valence-electron chi connectivity index (χ1n) is 9.52. The molecule has 0 saturated carbocycles. The minimum Gasteiger partial charge on any atom is -0.487 e. The van der Waals surface area contributed by atoms with Crippen molar-refractivity contribution in [3.8, 4) is 22.9 Å². The summed E-state index contributed by atoms with van der Waals surface area (Å²) in [5, 5.41) is 8.91. The molecule has 1 aliphatic heterocycles. The van der Waals surface area contributed by atoms with Crippen molar-refractivity contribution in [2.24, 2.45) is 0 Å². The average Bonchev–Trinajstić information content (AvgIpc) is 2.69. The first kappa shape index (κ1) is 19.1. The lowest BCUT2D eigenvalue weighted by Gasteiger charge is -2.38. The summed E-state index contributed by atoms with van der Waals surface area (Å²) in [5.74, 6) is 1.05. The van der Waals surface area contributed by atoms with Crippen molar-refractivity contribution >= 4 is 0 Å². The number of ether oxygens (including phenoxy) is 1. The Hall–Kier alpha value is -2.27. The minimum atomic E-state index is 0.0255. The highest BCUT2D eigenvalue weighted by Gasteiger charge is 2.33. The average molecular weight is 335 g/mol. The fourth-order valence-corrected chi connectivity index (χ4v) is 3.50. The van der Waals surface area contributed by atoms with Gasteiger partial charge in [-0.15, -0.1) is 0 Å². The van der Waals surface area contributed by atoms with Gasteiger partial charge >= 0.3 is 0 Å². The zero-order valence-corrected chi connectivity index (χ0v) is 15.9. The van der Waals surface area contributed by atoms with E-state index >= 15 is 0 Å². The van der Waals surface area contributed by atoms with Gasteiger partial charge in [-0.25, -0.2) is 0 Å². The zero-order chi connectivity index (χ0) is 18.3. The number of rotatable bonds is 4. The Bertz CT molecular complexity index is 727. The lowest BCUT2D eigenvalue weighted by atomic mass is 9.84. The third-order valence-electron chi connectivity index (χ3n) is 4.93. The lowest BCUT2D eigenvalue weighted by molar-refractivity contribution is 0.0329. The van der Waals surface area contributed by atoms with Gasteiger partial charge in [-0.1, -0.05) is 52.3 Å². The lowest BCUT2D eigenvalue weighted by Crippen LogP contribution is -2.38. The van der Waals surface area contributed by atoms with Gasteiger partial charge in [0, 0.05) is 0 Å². The molecule has 2 aromatic rings. The Morgan fingerprint density at radius 2 is 1.72 bits per heavy atom. The molecular weight excluding hydrogens is 306 g/mol. The van der Waals surface area contributed by atoms with E-state index in [-0.39, 0.29) is 5.60 Å². The Kier molecular flexibility index (Phi) is 6.65. The molecule has 2 heteroatoms. The largest absolute Gasteiger partial charge is 0.487 e. The van der Waals surface area contributed by atoms with Gasteiger partial charge in [-0.3, -0.25) is 0 Å². The summed E-state index contributed by atoms with van der Waals surface area (Å²) >= 11 is 0. The Morgan fingerprint density at radius 3 is 2.32 bits per heavy atom. The molecule has 1 heterocycles. The number of benzene rings is 2. The van der Waals surface area contributed by atoms with E-state index in [0.29, 0.717) is 5.56 Å². The number of nitriles is 1. The highest BCUT2D eigenvalue weighted by molar-refractivity contribution is 5.66. The molecule has 0 bridgehead atoms. The van der Waals surface area contributed by atoms with Crippen molar-refractivity contribution in [3.05, 3.63) is 53.6 Å². The molecule has 2 nitrogen and oxygen atoms in total. The quantitative estimate of drug-likeness (QED) is 0.636. The molecule has 0 N–H and O–H groups in total. The van der Waals surface area contributed by atoms with E-state index in [2.05, 4.69) is 38.1 Å². The van der Waals surface area contributed by atoms with E-state index in [4.69, 9.17) is 10.00 Å². The molecule has 0 aliphatic carbocycles. The summed E-state index contributed by atoms with van der Waals surface area (Å²) in [7, 11) is 0. The number of hydrogen-bond donors (Lipinski definition) is 0. The second-order valence-electron chi connectivity index (χ2n) is 6.40. The molecule has 0 amide bonds. The van der Waals surface area contributed by atoms with Gasteiger partial charge < -0.3 is 4.74 Å². The summed E-state index contributed by atoms with van der Waals surface area (Å²) in [6.07, 6.45) is 5.53. The maximum atomic E-state index is 8.91. The molecule has 3 rings (SSSR count). The van der Waals surface area contributed by atoms with Crippen LogP contribution in [0.2, 0.25) is 0 Å². The molecule has 0 radical (unpaired) electrons. The van der Waals surface area contributed by atoms with Crippen LogP contribution in [0.5, 0.6) is 5.75 Å². The van der Waals surface area contributed by atoms with Crippen LogP contribution >= 0.6 is 0 Å².